The van der Waals surface area contributed by atoms with E-state index in [0.29, 0.717) is 71.7 Å². The van der Waals surface area contributed by atoms with Crippen LogP contribution < -0.4 is 79.2 Å². The van der Waals surface area contributed by atoms with E-state index in [1.165, 1.54) is 7.11 Å². The average molecular weight is 991 g/mol. The standard InChI is InChI=1S/C56H64O12P2/c1-29-19-37(20-30(2)46(29)60-14)69(57,38-21-31(3)47(61-15)32(4)22-38)43-28-42(59-13)51-53(67-56(11,12)66-51)45(43)41-27-44(52(64-18)54-50(41)65-55(9,10)68-54)70(58,39-23-33(5)48(62-16)34(6)24-39)40-25-35(7)49(63-17)36(8)26-40/h19-28H,1-18H3. The summed E-state index contributed by atoms with van der Waals surface area (Å²) >= 11 is 0. The van der Waals surface area contributed by atoms with Crippen LogP contribution in [0, 0.1) is 55.4 Å². The number of hydrogen-bond acceptors (Lipinski definition) is 12. The van der Waals surface area contributed by atoms with Crippen LogP contribution in [0.1, 0.15) is 72.2 Å². The number of aryl methyl sites for hydroxylation is 8. The van der Waals surface area contributed by atoms with Crippen LogP contribution in [-0.4, -0.2) is 54.2 Å². The zero-order valence-corrected chi connectivity index (χ0v) is 45.4. The summed E-state index contributed by atoms with van der Waals surface area (Å²) < 4.78 is 98.0. The van der Waals surface area contributed by atoms with Crippen molar-refractivity contribution >= 4 is 46.1 Å². The Morgan fingerprint density at radius 1 is 0.357 bits per heavy atom. The summed E-state index contributed by atoms with van der Waals surface area (Å²) in [5.41, 5.74) is 7.06. The van der Waals surface area contributed by atoms with Crippen molar-refractivity contribution in [2.24, 2.45) is 0 Å². The minimum absolute atomic E-state index is 0.208. The Morgan fingerprint density at radius 2 is 0.657 bits per heavy atom. The van der Waals surface area contributed by atoms with Gasteiger partial charge < -0.3 is 56.5 Å². The van der Waals surface area contributed by atoms with Gasteiger partial charge in [0.25, 0.3) is 0 Å². The van der Waals surface area contributed by atoms with E-state index in [-0.39, 0.29) is 28.7 Å². The van der Waals surface area contributed by atoms with E-state index in [0.717, 1.165) is 44.5 Å². The molecule has 14 heteroatoms. The highest BCUT2D eigenvalue weighted by Crippen LogP contribution is 2.62. The number of methoxy groups -OCH3 is 6. The summed E-state index contributed by atoms with van der Waals surface area (Å²) in [5, 5.41) is 2.73. The minimum atomic E-state index is -4.11. The second kappa shape index (κ2) is 17.9. The Bertz CT molecular complexity index is 3020. The average Bonchev–Trinajstić information content (AvgIpc) is 3.80. The van der Waals surface area contributed by atoms with Crippen LogP contribution in [0.2, 0.25) is 0 Å². The van der Waals surface area contributed by atoms with Gasteiger partial charge in [-0.15, -0.1) is 0 Å². The van der Waals surface area contributed by atoms with E-state index < -0.39 is 25.9 Å². The largest absolute Gasteiger partial charge is 0.496 e. The van der Waals surface area contributed by atoms with E-state index in [1.807, 2.05) is 110 Å². The molecule has 0 atom stereocenters. The fraction of sp³-hybridized carbons (Fsp3) is 0.357. The first-order valence-corrected chi connectivity index (χ1v) is 26.5. The molecule has 0 saturated heterocycles. The lowest BCUT2D eigenvalue weighted by Crippen LogP contribution is -2.31. The molecule has 8 rings (SSSR count). The van der Waals surface area contributed by atoms with Gasteiger partial charge in [0.15, 0.2) is 37.3 Å². The first-order chi connectivity index (χ1) is 32.9. The fourth-order valence-corrected chi connectivity index (χ4v) is 16.8. The van der Waals surface area contributed by atoms with Gasteiger partial charge >= 0.3 is 0 Å². The smallest absolute Gasteiger partial charge is 0.246 e. The first-order valence-electron chi connectivity index (χ1n) is 23.0. The van der Waals surface area contributed by atoms with Crippen molar-refractivity contribution in [3.05, 3.63) is 105 Å². The number of benzene rings is 6. The summed E-state index contributed by atoms with van der Waals surface area (Å²) in [6.45, 7) is 22.7. The van der Waals surface area contributed by atoms with Crippen molar-refractivity contribution in [3.8, 4) is 68.6 Å². The van der Waals surface area contributed by atoms with Gasteiger partial charge in [0.1, 0.15) is 23.0 Å². The van der Waals surface area contributed by atoms with E-state index >= 15 is 9.13 Å². The molecular formula is C56H64O12P2. The van der Waals surface area contributed by atoms with Crippen molar-refractivity contribution in [2.45, 2.75) is 94.7 Å². The van der Waals surface area contributed by atoms with Crippen LogP contribution in [0.25, 0.3) is 11.1 Å². The lowest BCUT2D eigenvalue weighted by Gasteiger charge is -2.29. The molecule has 0 saturated carbocycles. The molecule has 0 bridgehead atoms. The second-order valence-corrected chi connectivity index (χ2v) is 24.6. The van der Waals surface area contributed by atoms with Crippen molar-refractivity contribution in [1.29, 1.82) is 0 Å². The van der Waals surface area contributed by atoms with Crippen LogP contribution in [-0.2, 0) is 9.13 Å². The van der Waals surface area contributed by atoms with Crippen LogP contribution in [0.4, 0.5) is 0 Å². The van der Waals surface area contributed by atoms with E-state index in [2.05, 4.69) is 0 Å². The lowest BCUT2D eigenvalue weighted by molar-refractivity contribution is -0.0449. The molecule has 0 amide bonds. The molecule has 2 aliphatic rings. The molecule has 70 heavy (non-hydrogen) atoms. The molecule has 2 heterocycles. The minimum Gasteiger partial charge on any atom is -0.496 e. The maximum absolute atomic E-state index is 17.6. The molecule has 0 radical (unpaired) electrons. The van der Waals surface area contributed by atoms with Gasteiger partial charge in [-0.05, 0) is 161 Å². The van der Waals surface area contributed by atoms with Gasteiger partial charge in [-0.2, -0.15) is 0 Å². The van der Waals surface area contributed by atoms with Gasteiger partial charge in [0.2, 0.25) is 23.1 Å². The Balaban J connectivity index is 1.62. The number of fused-ring (bicyclic) bond motifs is 2. The Hall–Kier alpha value is -6.22. The van der Waals surface area contributed by atoms with E-state index in [4.69, 9.17) is 47.4 Å². The molecule has 0 N–H and O–H groups in total. The second-order valence-electron chi connectivity index (χ2n) is 19.1. The third-order valence-corrected chi connectivity index (χ3v) is 19.1. The number of hydrogen-bond donors (Lipinski definition) is 0. The summed E-state index contributed by atoms with van der Waals surface area (Å²) in [6, 6.07) is 18.9. The fourth-order valence-electron chi connectivity index (χ4n) is 10.5. The topological polar surface area (TPSA) is 126 Å². The van der Waals surface area contributed by atoms with Gasteiger partial charge in [-0.1, -0.05) is 0 Å². The van der Waals surface area contributed by atoms with Crippen molar-refractivity contribution in [1.82, 2.24) is 0 Å². The van der Waals surface area contributed by atoms with Crippen molar-refractivity contribution < 1.29 is 56.5 Å². The van der Waals surface area contributed by atoms with E-state index in [1.54, 1.807) is 69.3 Å². The monoisotopic (exact) mass is 990 g/mol. The molecule has 0 spiro atoms. The third-order valence-electron chi connectivity index (χ3n) is 13.2. The van der Waals surface area contributed by atoms with Crippen LogP contribution in [0.15, 0.2) is 60.7 Å². The van der Waals surface area contributed by atoms with Gasteiger partial charge in [-0.3, -0.25) is 0 Å². The molecule has 0 aliphatic carbocycles. The molecule has 6 aromatic rings. The SMILES string of the molecule is COc1cc(P(=O)(c2cc(C)c(OC)c(C)c2)c2cc(C)c(OC)c(C)c2)c(-c2cc(P(=O)(c3cc(C)c(OC)c(C)c3)c3cc(C)c(OC)c(C)c3)c(OC)c3c2OC(C)(C)O3)c2c1OC(C)(C)O2. The number of rotatable bonds is 13. The molecule has 2 aliphatic heterocycles. The summed E-state index contributed by atoms with van der Waals surface area (Å²) in [6.07, 6.45) is 0. The Labute approximate surface area is 412 Å². The van der Waals surface area contributed by atoms with Crippen LogP contribution >= 0.6 is 14.3 Å². The molecule has 0 fully saturated rings. The summed E-state index contributed by atoms with van der Waals surface area (Å²) in [7, 11) is 1.40. The highest BCUT2D eigenvalue weighted by atomic mass is 31.2. The quantitative estimate of drug-likeness (QED) is 0.102. The Morgan fingerprint density at radius 3 is 0.986 bits per heavy atom. The summed E-state index contributed by atoms with van der Waals surface area (Å²) in [5.74, 6) is 1.76. The first kappa shape index (κ1) is 50.2. The lowest BCUT2D eigenvalue weighted by atomic mass is 10.0. The maximum Gasteiger partial charge on any atom is 0.246 e. The molecule has 370 valence electrons. The molecule has 0 aromatic heterocycles. The third kappa shape index (κ3) is 7.92. The predicted octanol–water partition coefficient (Wildman–Crippen LogP) is 10.2. The number of ether oxygens (including phenoxy) is 10. The van der Waals surface area contributed by atoms with E-state index in [9.17, 15) is 0 Å². The van der Waals surface area contributed by atoms with Crippen LogP contribution in [0.5, 0.6) is 57.5 Å². The zero-order valence-electron chi connectivity index (χ0n) is 43.6. The van der Waals surface area contributed by atoms with Gasteiger partial charge in [0, 0.05) is 65.3 Å². The predicted molar refractivity (Wildman–Crippen MR) is 279 cm³/mol. The highest BCUT2D eigenvalue weighted by molar-refractivity contribution is 7.86. The molecule has 6 aromatic carbocycles. The molecular weight excluding hydrogens is 927 g/mol. The van der Waals surface area contributed by atoms with Gasteiger partial charge in [0.05, 0.1) is 48.0 Å². The van der Waals surface area contributed by atoms with Gasteiger partial charge in [-0.25, -0.2) is 0 Å². The summed E-state index contributed by atoms with van der Waals surface area (Å²) in [4.78, 5) is 0. The highest BCUT2D eigenvalue weighted by Gasteiger charge is 2.48. The molecule has 12 nitrogen and oxygen atoms in total. The van der Waals surface area contributed by atoms with Crippen molar-refractivity contribution in [2.75, 3.05) is 42.7 Å². The maximum atomic E-state index is 17.6. The zero-order chi connectivity index (χ0) is 51.2. The van der Waals surface area contributed by atoms with Crippen molar-refractivity contribution in [3.63, 3.8) is 0 Å². The Kier molecular flexibility index (Phi) is 12.8. The van der Waals surface area contributed by atoms with Crippen LogP contribution in [0.3, 0.4) is 0 Å². The molecule has 0 unspecified atom stereocenters. The normalized spacial score (nSPS) is 14.4.